The van der Waals surface area contributed by atoms with Crippen LogP contribution in [-0.2, 0) is 0 Å². The number of benzene rings is 1. The summed E-state index contributed by atoms with van der Waals surface area (Å²) in [6.07, 6.45) is -3.98. The van der Waals surface area contributed by atoms with Gasteiger partial charge in [0.1, 0.15) is 33.9 Å². The number of nitrogens with one attached hydrogen (secondary N) is 1. The summed E-state index contributed by atoms with van der Waals surface area (Å²) < 4.78 is 67.1. The van der Waals surface area contributed by atoms with Crippen molar-refractivity contribution >= 4 is 40.1 Å². The zero-order valence-corrected chi connectivity index (χ0v) is 16.3. The van der Waals surface area contributed by atoms with Gasteiger partial charge in [0, 0.05) is 12.3 Å². The molecule has 0 aliphatic carbocycles. The standard InChI is InChI=1S/C18H10Cl2F5N3O2/c1-7(18(23,24)25)26-17(30)10-6-28(14-11(19)4-8(21)5-12(14)22)16-9(15(10)29)2-3-13(20)27-16/h2-7H,1H3,(H,26,30). The van der Waals surface area contributed by atoms with E-state index >= 15 is 0 Å². The first-order valence-electron chi connectivity index (χ1n) is 8.14. The van der Waals surface area contributed by atoms with Crippen molar-refractivity contribution in [1.29, 1.82) is 0 Å². The Bertz CT molecular complexity index is 1200. The van der Waals surface area contributed by atoms with Gasteiger partial charge in [-0.05, 0) is 25.1 Å². The molecule has 0 spiro atoms. The van der Waals surface area contributed by atoms with Crippen molar-refractivity contribution in [3.05, 3.63) is 68.1 Å². The lowest BCUT2D eigenvalue weighted by Gasteiger charge is -2.18. The average Bonchev–Trinajstić information content (AvgIpc) is 2.61. The fourth-order valence-corrected chi connectivity index (χ4v) is 3.06. The van der Waals surface area contributed by atoms with E-state index < -0.39 is 51.5 Å². The molecule has 1 aromatic carbocycles. The summed E-state index contributed by atoms with van der Waals surface area (Å²) in [5.74, 6) is -3.51. The molecule has 158 valence electrons. The second kappa shape index (κ2) is 7.84. The molecule has 5 nitrogen and oxygen atoms in total. The molecular weight excluding hydrogens is 456 g/mol. The molecule has 2 aromatic heterocycles. The maximum absolute atomic E-state index is 14.5. The third kappa shape index (κ3) is 4.10. The molecule has 0 fully saturated rings. The highest BCUT2D eigenvalue weighted by Gasteiger charge is 2.37. The lowest BCUT2D eigenvalue weighted by atomic mass is 10.1. The number of nitrogens with zero attached hydrogens (tertiary/aromatic N) is 2. The van der Waals surface area contributed by atoms with Gasteiger partial charge in [-0.25, -0.2) is 13.8 Å². The van der Waals surface area contributed by atoms with Crippen LogP contribution in [0.4, 0.5) is 22.0 Å². The molecule has 3 rings (SSSR count). The van der Waals surface area contributed by atoms with Crippen LogP contribution < -0.4 is 10.7 Å². The molecule has 0 radical (unpaired) electrons. The molecule has 0 saturated heterocycles. The highest BCUT2D eigenvalue weighted by Crippen LogP contribution is 2.28. The molecule has 1 N–H and O–H groups in total. The minimum Gasteiger partial charge on any atom is -0.340 e. The minimum absolute atomic E-state index is 0.0998. The van der Waals surface area contributed by atoms with E-state index in [0.29, 0.717) is 13.0 Å². The molecule has 1 amide bonds. The van der Waals surface area contributed by atoms with Crippen LogP contribution >= 0.6 is 23.2 Å². The van der Waals surface area contributed by atoms with Crippen molar-refractivity contribution in [3.8, 4) is 5.69 Å². The predicted molar refractivity (Wildman–Crippen MR) is 100 cm³/mol. The molecule has 0 aliphatic heterocycles. The second-order valence-corrected chi connectivity index (χ2v) is 7.00. The summed E-state index contributed by atoms with van der Waals surface area (Å²) in [7, 11) is 0. The van der Waals surface area contributed by atoms with Crippen molar-refractivity contribution in [2.24, 2.45) is 0 Å². The zero-order valence-electron chi connectivity index (χ0n) is 14.8. The Morgan fingerprint density at radius 3 is 2.47 bits per heavy atom. The van der Waals surface area contributed by atoms with Crippen LogP contribution in [0.3, 0.4) is 0 Å². The summed E-state index contributed by atoms with van der Waals surface area (Å²) in [6, 6.07) is 1.39. The third-order valence-electron chi connectivity index (χ3n) is 4.12. The first-order chi connectivity index (χ1) is 13.9. The third-order valence-corrected chi connectivity index (χ3v) is 4.62. The lowest BCUT2D eigenvalue weighted by Crippen LogP contribution is -2.44. The number of hydrogen-bond acceptors (Lipinski definition) is 3. The lowest BCUT2D eigenvalue weighted by molar-refractivity contribution is -0.149. The Balaban J connectivity index is 2.30. The first kappa shape index (κ1) is 22.0. The van der Waals surface area contributed by atoms with E-state index in [9.17, 15) is 31.5 Å². The molecule has 1 atom stereocenters. The highest BCUT2D eigenvalue weighted by molar-refractivity contribution is 6.32. The van der Waals surface area contributed by atoms with Crippen LogP contribution in [0.15, 0.2) is 35.3 Å². The summed E-state index contributed by atoms with van der Waals surface area (Å²) in [5.41, 5.74) is -2.41. The van der Waals surface area contributed by atoms with Gasteiger partial charge < -0.3 is 5.32 Å². The minimum atomic E-state index is -4.76. The van der Waals surface area contributed by atoms with Crippen LogP contribution in [0.2, 0.25) is 10.2 Å². The molecule has 0 bridgehead atoms. The van der Waals surface area contributed by atoms with Crippen LogP contribution in [-0.4, -0.2) is 27.7 Å². The number of carbonyl (C=O) groups excluding carboxylic acids is 1. The molecular formula is C18H10Cl2F5N3O2. The second-order valence-electron chi connectivity index (χ2n) is 6.20. The molecule has 30 heavy (non-hydrogen) atoms. The van der Waals surface area contributed by atoms with Gasteiger partial charge in [0.25, 0.3) is 5.91 Å². The van der Waals surface area contributed by atoms with Crippen LogP contribution in [0.1, 0.15) is 17.3 Å². The fraction of sp³-hybridized carbons (Fsp3) is 0.167. The smallest absolute Gasteiger partial charge is 0.340 e. The summed E-state index contributed by atoms with van der Waals surface area (Å²) in [6.45, 7) is 0.690. The quantitative estimate of drug-likeness (QED) is 0.452. The molecule has 0 saturated carbocycles. The van der Waals surface area contributed by atoms with Gasteiger partial charge in [0.15, 0.2) is 5.82 Å². The molecule has 12 heteroatoms. The fourth-order valence-electron chi connectivity index (χ4n) is 2.63. The Morgan fingerprint density at radius 2 is 1.87 bits per heavy atom. The topological polar surface area (TPSA) is 64.0 Å². The highest BCUT2D eigenvalue weighted by atomic mass is 35.5. The monoisotopic (exact) mass is 465 g/mol. The van der Waals surface area contributed by atoms with Gasteiger partial charge in [-0.3, -0.25) is 14.2 Å². The number of alkyl halides is 3. The maximum Gasteiger partial charge on any atom is 0.408 e. The SMILES string of the molecule is CC(NC(=O)c1cn(-c2c(F)cc(F)cc2Cl)c2nc(Cl)ccc2c1=O)C(F)(F)F. The molecule has 3 aromatic rings. The summed E-state index contributed by atoms with van der Waals surface area (Å²) in [4.78, 5) is 29.0. The van der Waals surface area contributed by atoms with Crippen molar-refractivity contribution in [2.75, 3.05) is 0 Å². The van der Waals surface area contributed by atoms with Gasteiger partial charge in [0.2, 0.25) is 5.43 Å². The van der Waals surface area contributed by atoms with E-state index in [2.05, 4.69) is 4.98 Å². The van der Waals surface area contributed by atoms with Crippen molar-refractivity contribution in [2.45, 2.75) is 19.1 Å². The molecule has 2 heterocycles. The van der Waals surface area contributed by atoms with Crippen LogP contribution in [0.5, 0.6) is 0 Å². The number of pyridine rings is 2. The van der Waals surface area contributed by atoms with Crippen molar-refractivity contribution < 1.29 is 26.7 Å². The number of hydrogen-bond donors (Lipinski definition) is 1. The molecule has 0 aliphatic rings. The van der Waals surface area contributed by atoms with Gasteiger partial charge in [-0.1, -0.05) is 23.2 Å². The Morgan fingerprint density at radius 1 is 1.20 bits per heavy atom. The maximum atomic E-state index is 14.5. The Labute approximate surface area is 175 Å². The van der Waals surface area contributed by atoms with Gasteiger partial charge in [-0.15, -0.1) is 0 Å². The van der Waals surface area contributed by atoms with Gasteiger partial charge >= 0.3 is 6.18 Å². The molecule has 1 unspecified atom stereocenters. The number of rotatable bonds is 3. The van der Waals surface area contributed by atoms with Crippen molar-refractivity contribution in [1.82, 2.24) is 14.9 Å². The van der Waals surface area contributed by atoms with Gasteiger partial charge in [0.05, 0.1) is 10.4 Å². The van der Waals surface area contributed by atoms with E-state index in [1.54, 1.807) is 5.32 Å². The van der Waals surface area contributed by atoms with E-state index in [-0.39, 0.29) is 16.2 Å². The van der Waals surface area contributed by atoms with Crippen LogP contribution in [0, 0.1) is 11.6 Å². The largest absolute Gasteiger partial charge is 0.408 e. The zero-order chi connectivity index (χ0) is 22.4. The van der Waals surface area contributed by atoms with E-state index in [1.807, 2.05) is 0 Å². The Hall–Kier alpha value is -2.72. The van der Waals surface area contributed by atoms with Crippen LogP contribution in [0.25, 0.3) is 16.7 Å². The summed E-state index contributed by atoms with van der Waals surface area (Å²) in [5, 5.41) is 0.880. The first-order valence-corrected chi connectivity index (χ1v) is 8.90. The van der Waals surface area contributed by atoms with E-state index in [0.717, 1.165) is 16.8 Å². The summed E-state index contributed by atoms with van der Waals surface area (Å²) >= 11 is 11.8. The number of amides is 1. The Kier molecular flexibility index (Phi) is 5.74. The normalized spacial score (nSPS) is 12.8. The number of halogens is 7. The van der Waals surface area contributed by atoms with E-state index in [1.165, 1.54) is 12.1 Å². The predicted octanol–water partition coefficient (Wildman–Crippen LogP) is 4.65. The average molecular weight is 466 g/mol. The van der Waals surface area contributed by atoms with Crippen molar-refractivity contribution in [3.63, 3.8) is 0 Å². The van der Waals surface area contributed by atoms with E-state index in [4.69, 9.17) is 23.2 Å². The number of fused-ring (bicyclic) bond motifs is 1. The van der Waals surface area contributed by atoms with Gasteiger partial charge in [-0.2, -0.15) is 13.2 Å². The number of aromatic nitrogens is 2. The number of carbonyl (C=O) groups is 1.